The number of aryl methyl sites for hydroxylation is 1. The summed E-state index contributed by atoms with van der Waals surface area (Å²) in [6, 6.07) is 6.11. The summed E-state index contributed by atoms with van der Waals surface area (Å²) in [5, 5.41) is 12.4. The van der Waals surface area contributed by atoms with Gasteiger partial charge in [0.25, 0.3) is 0 Å². The van der Waals surface area contributed by atoms with Crippen LogP contribution in [0.15, 0.2) is 12.1 Å². The third-order valence-electron chi connectivity index (χ3n) is 2.96. The summed E-state index contributed by atoms with van der Waals surface area (Å²) in [4.78, 5) is 6.74. The highest BCUT2D eigenvalue weighted by molar-refractivity contribution is 5.52. The molecule has 1 heterocycles. The fraction of sp³-hybridized carbons (Fsp3) is 0.571. The second-order valence-corrected chi connectivity index (χ2v) is 4.49. The Bertz CT molecular complexity index is 418. The highest BCUT2D eigenvalue weighted by Gasteiger charge is 2.10. The molecule has 1 N–H and O–H groups in total. The number of nitrogens with one attached hydrogen (secondary N) is 1. The number of rotatable bonds is 6. The first-order valence-electron chi connectivity index (χ1n) is 6.47. The molecule has 1 rings (SSSR count). The fourth-order valence-electron chi connectivity index (χ4n) is 1.91. The van der Waals surface area contributed by atoms with Crippen LogP contribution >= 0.6 is 0 Å². The minimum absolute atomic E-state index is 0.270. The summed E-state index contributed by atoms with van der Waals surface area (Å²) in [6.07, 6.45) is 0. The molecule has 0 spiro atoms. The van der Waals surface area contributed by atoms with Gasteiger partial charge in [-0.2, -0.15) is 5.26 Å². The highest BCUT2D eigenvalue weighted by Crippen LogP contribution is 2.13. The normalized spacial score (nSPS) is 12.2. The summed E-state index contributed by atoms with van der Waals surface area (Å²) >= 11 is 0. The van der Waals surface area contributed by atoms with Crippen LogP contribution in [0.2, 0.25) is 0 Å². The first-order chi connectivity index (χ1) is 8.60. The van der Waals surface area contributed by atoms with Crippen molar-refractivity contribution in [2.45, 2.75) is 33.7 Å². The number of hydrogen-bond donors (Lipinski definition) is 1. The predicted octanol–water partition coefficient (Wildman–Crippen LogP) is 2.40. The zero-order valence-electron chi connectivity index (χ0n) is 11.7. The quantitative estimate of drug-likeness (QED) is 0.837. The van der Waals surface area contributed by atoms with Crippen molar-refractivity contribution in [3.05, 3.63) is 23.4 Å². The molecule has 0 aliphatic heterocycles. The Morgan fingerprint density at radius 1 is 1.39 bits per heavy atom. The van der Waals surface area contributed by atoms with Crippen molar-refractivity contribution in [1.82, 2.24) is 9.88 Å². The van der Waals surface area contributed by atoms with Crippen molar-refractivity contribution < 1.29 is 0 Å². The smallest absolute Gasteiger partial charge is 0.144 e. The van der Waals surface area contributed by atoms with Crippen LogP contribution in [0.5, 0.6) is 0 Å². The van der Waals surface area contributed by atoms with Gasteiger partial charge in [-0.3, -0.25) is 0 Å². The number of nitrogens with zero attached hydrogens (tertiary/aromatic N) is 3. The van der Waals surface area contributed by atoms with Crippen LogP contribution in [0, 0.1) is 18.3 Å². The molecule has 4 nitrogen and oxygen atoms in total. The van der Waals surface area contributed by atoms with E-state index < -0.39 is 0 Å². The van der Waals surface area contributed by atoms with E-state index in [4.69, 9.17) is 5.26 Å². The van der Waals surface area contributed by atoms with Gasteiger partial charge in [-0.25, -0.2) is 4.98 Å². The Morgan fingerprint density at radius 2 is 2.06 bits per heavy atom. The molecular formula is C14H22N4. The Labute approximate surface area is 110 Å². The van der Waals surface area contributed by atoms with Crippen molar-refractivity contribution >= 4 is 5.82 Å². The Morgan fingerprint density at radius 3 is 2.61 bits per heavy atom. The second kappa shape index (κ2) is 6.97. The van der Waals surface area contributed by atoms with Gasteiger partial charge in [-0.05, 0) is 39.1 Å². The molecule has 0 aliphatic carbocycles. The van der Waals surface area contributed by atoms with E-state index in [1.54, 1.807) is 0 Å². The van der Waals surface area contributed by atoms with Gasteiger partial charge in [-0.1, -0.05) is 13.8 Å². The van der Waals surface area contributed by atoms with Crippen LogP contribution in [0.3, 0.4) is 0 Å². The van der Waals surface area contributed by atoms with E-state index in [9.17, 15) is 0 Å². The number of anilines is 1. The molecule has 18 heavy (non-hydrogen) atoms. The summed E-state index contributed by atoms with van der Waals surface area (Å²) < 4.78 is 0. The lowest BCUT2D eigenvalue weighted by Crippen LogP contribution is -2.35. The number of hydrogen-bond acceptors (Lipinski definition) is 4. The number of aromatic nitrogens is 1. The zero-order chi connectivity index (χ0) is 13.5. The zero-order valence-corrected chi connectivity index (χ0v) is 11.7. The van der Waals surface area contributed by atoms with E-state index in [-0.39, 0.29) is 6.04 Å². The summed E-state index contributed by atoms with van der Waals surface area (Å²) in [5.74, 6) is 0.692. The van der Waals surface area contributed by atoms with Crippen LogP contribution in [0.25, 0.3) is 0 Å². The molecule has 1 aromatic rings. The molecule has 98 valence electrons. The minimum atomic E-state index is 0.270. The van der Waals surface area contributed by atoms with Crippen LogP contribution in [0.1, 0.15) is 32.0 Å². The largest absolute Gasteiger partial charge is 0.365 e. The van der Waals surface area contributed by atoms with Gasteiger partial charge >= 0.3 is 0 Å². The van der Waals surface area contributed by atoms with Gasteiger partial charge in [0.15, 0.2) is 0 Å². The summed E-state index contributed by atoms with van der Waals surface area (Å²) in [6.45, 7) is 11.4. The summed E-state index contributed by atoms with van der Waals surface area (Å²) in [7, 11) is 0. The maximum atomic E-state index is 9.06. The molecule has 4 heteroatoms. The molecular weight excluding hydrogens is 224 g/mol. The molecule has 0 saturated heterocycles. The topological polar surface area (TPSA) is 52.0 Å². The molecule has 0 aliphatic rings. The number of nitriles is 1. The first kappa shape index (κ1) is 14.5. The molecule has 0 saturated carbocycles. The van der Waals surface area contributed by atoms with Crippen LogP contribution in [-0.2, 0) is 0 Å². The Balaban J connectivity index is 2.72. The predicted molar refractivity (Wildman–Crippen MR) is 74.6 cm³/mol. The minimum Gasteiger partial charge on any atom is -0.365 e. The monoisotopic (exact) mass is 246 g/mol. The van der Waals surface area contributed by atoms with Gasteiger partial charge in [0.05, 0.1) is 5.56 Å². The lowest BCUT2D eigenvalue weighted by atomic mass is 10.2. The van der Waals surface area contributed by atoms with Crippen LogP contribution in [-0.4, -0.2) is 35.6 Å². The van der Waals surface area contributed by atoms with E-state index in [1.165, 1.54) is 0 Å². The Hall–Kier alpha value is -1.60. The van der Waals surface area contributed by atoms with Gasteiger partial charge in [0.2, 0.25) is 0 Å². The van der Waals surface area contributed by atoms with Gasteiger partial charge in [-0.15, -0.1) is 0 Å². The lowest BCUT2D eigenvalue weighted by molar-refractivity contribution is 0.294. The fourth-order valence-corrected chi connectivity index (χ4v) is 1.91. The SMILES string of the molecule is CCN(CC)CC(C)Nc1nc(C)ccc1C#N. The lowest BCUT2D eigenvalue weighted by Gasteiger charge is -2.24. The van der Waals surface area contributed by atoms with Crippen molar-refractivity contribution in [2.24, 2.45) is 0 Å². The van der Waals surface area contributed by atoms with Crippen LogP contribution in [0.4, 0.5) is 5.82 Å². The van der Waals surface area contributed by atoms with Crippen molar-refractivity contribution in [3.8, 4) is 6.07 Å². The molecule has 1 atom stereocenters. The highest BCUT2D eigenvalue weighted by atomic mass is 15.1. The molecule has 0 bridgehead atoms. The van der Waals surface area contributed by atoms with Crippen molar-refractivity contribution in [1.29, 1.82) is 5.26 Å². The third kappa shape index (κ3) is 4.01. The number of pyridine rings is 1. The average Bonchev–Trinajstić information content (AvgIpc) is 2.36. The molecule has 0 radical (unpaired) electrons. The van der Waals surface area contributed by atoms with Gasteiger partial charge in [0.1, 0.15) is 11.9 Å². The van der Waals surface area contributed by atoms with E-state index in [1.807, 2.05) is 19.1 Å². The molecule has 0 fully saturated rings. The van der Waals surface area contributed by atoms with Crippen molar-refractivity contribution in [2.75, 3.05) is 25.0 Å². The van der Waals surface area contributed by atoms with E-state index in [0.717, 1.165) is 25.3 Å². The van der Waals surface area contributed by atoms with E-state index in [2.05, 4.69) is 42.0 Å². The number of likely N-dealkylation sites (N-methyl/N-ethyl adjacent to an activating group) is 1. The second-order valence-electron chi connectivity index (χ2n) is 4.49. The van der Waals surface area contributed by atoms with E-state index in [0.29, 0.717) is 11.4 Å². The van der Waals surface area contributed by atoms with Crippen LogP contribution < -0.4 is 5.32 Å². The first-order valence-corrected chi connectivity index (χ1v) is 6.47. The maximum absolute atomic E-state index is 9.06. The van der Waals surface area contributed by atoms with Gasteiger partial charge in [0, 0.05) is 18.3 Å². The van der Waals surface area contributed by atoms with Crippen molar-refractivity contribution in [3.63, 3.8) is 0 Å². The third-order valence-corrected chi connectivity index (χ3v) is 2.96. The maximum Gasteiger partial charge on any atom is 0.144 e. The molecule has 1 aromatic heterocycles. The molecule has 0 aromatic carbocycles. The molecule has 0 amide bonds. The molecule has 1 unspecified atom stereocenters. The van der Waals surface area contributed by atoms with Gasteiger partial charge < -0.3 is 10.2 Å². The Kier molecular flexibility index (Phi) is 5.60. The van der Waals surface area contributed by atoms with E-state index >= 15 is 0 Å². The average molecular weight is 246 g/mol. The standard InChI is InChI=1S/C14H22N4/c1-5-18(6-2)10-12(4)17-14-13(9-15)8-7-11(3)16-14/h7-8,12H,5-6,10H2,1-4H3,(H,16,17). The summed E-state index contributed by atoms with van der Waals surface area (Å²) in [5.41, 5.74) is 1.53.